The highest BCUT2D eigenvalue weighted by Crippen LogP contribution is 2.36. The maximum absolute atomic E-state index is 13.8. The number of imidazole rings is 2. The lowest BCUT2D eigenvalue weighted by molar-refractivity contribution is -0.128. The Labute approximate surface area is 374 Å². The van der Waals surface area contributed by atoms with Crippen molar-refractivity contribution in [2.45, 2.75) is 110 Å². The monoisotopic (exact) mass is 856 g/mol. The fourth-order valence-corrected chi connectivity index (χ4v) is 9.35. The summed E-state index contributed by atoms with van der Waals surface area (Å²) in [5, 5.41) is 2.05. The molecule has 0 saturated carbocycles. The van der Waals surface area contributed by atoms with E-state index < -0.39 is 5.41 Å². The molecule has 0 fully saturated rings. The Bertz CT molecular complexity index is 2750. The molecule has 0 atom stereocenters. The first-order chi connectivity index (χ1) is 31.1. The van der Waals surface area contributed by atoms with Crippen molar-refractivity contribution in [3.8, 4) is 0 Å². The SMILES string of the molecule is CCCCc1nc2c(N)nc3ccccc3c2n1Cc1ccc(CC(CCCCCC(N)=O)(Cc2ccc(Cn3c(CCCC)nc4c(N)nc5ccccc5c43)cc2)C(N)=O)cc1. The lowest BCUT2D eigenvalue weighted by atomic mass is 9.72. The number of hydrogen-bond acceptors (Lipinski definition) is 8. The smallest absolute Gasteiger partial charge is 0.224 e. The van der Waals surface area contributed by atoms with Crippen molar-refractivity contribution in [2.24, 2.45) is 16.9 Å². The first-order valence-electron chi connectivity index (χ1n) is 22.9. The number of nitrogens with zero attached hydrogens (tertiary/aromatic N) is 6. The summed E-state index contributed by atoms with van der Waals surface area (Å²) in [4.78, 5) is 44.7. The summed E-state index contributed by atoms with van der Waals surface area (Å²) in [6, 6.07) is 33.2. The standard InChI is InChI=1S/C52H60N10O2/c1-3-5-19-43-59-45-47(38-14-9-11-16-40(38)57-49(45)54)61(43)32-36-25-21-34(22-26-36)30-52(51(56)64,29-13-7-8-18-42(53)63)31-35-23-27-37(28-24-35)33-62-44(20-6-4-2)60-46-48(62)39-15-10-12-17-41(39)58-50(46)55/h9-12,14-17,21-28H,3-8,13,18-20,29-33H2,1-2H3,(H2,53,63)(H2,54,57)(H2,55,58)(H2,56,64). The molecular weight excluding hydrogens is 797 g/mol. The fraction of sp³-hybridized carbons (Fsp3) is 0.346. The van der Waals surface area contributed by atoms with Gasteiger partial charge in [0.25, 0.3) is 0 Å². The van der Waals surface area contributed by atoms with Gasteiger partial charge in [-0.25, -0.2) is 19.9 Å². The van der Waals surface area contributed by atoms with Crippen LogP contribution >= 0.6 is 0 Å². The maximum atomic E-state index is 13.8. The zero-order valence-corrected chi connectivity index (χ0v) is 37.2. The highest BCUT2D eigenvalue weighted by Gasteiger charge is 2.36. The molecule has 64 heavy (non-hydrogen) atoms. The van der Waals surface area contributed by atoms with E-state index in [0.717, 1.165) is 129 Å². The zero-order chi connectivity index (χ0) is 44.8. The summed E-state index contributed by atoms with van der Waals surface area (Å²) in [7, 11) is 0. The second kappa shape index (κ2) is 19.3. The number of aromatic nitrogens is 6. The summed E-state index contributed by atoms with van der Waals surface area (Å²) in [5.41, 5.74) is 33.5. The van der Waals surface area contributed by atoms with Gasteiger partial charge in [-0.15, -0.1) is 0 Å². The Morgan fingerprint density at radius 2 is 0.984 bits per heavy atom. The van der Waals surface area contributed by atoms with Gasteiger partial charge in [0, 0.05) is 43.1 Å². The molecule has 0 bridgehead atoms. The van der Waals surface area contributed by atoms with Crippen LogP contribution in [-0.2, 0) is 48.4 Å². The quantitative estimate of drug-likeness (QED) is 0.0513. The third-order valence-corrected chi connectivity index (χ3v) is 12.8. The fourth-order valence-electron chi connectivity index (χ4n) is 9.35. The Balaban J connectivity index is 1.07. The van der Waals surface area contributed by atoms with Crippen LogP contribution in [0.15, 0.2) is 97.1 Å². The van der Waals surface area contributed by atoms with Gasteiger partial charge in [-0.3, -0.25) is 9.59 Å². The summed E-state index contributed by atoms with van der Waals surface area (Å²) < 4.78 is 4.58. The first-order valence-corrected chi connectivity index (χ1v) is 22.9. The molecule has 0 aliphatic carbocycles. The Kier molecular flexibility index (Phi) is 13.2. The predicted molar refractivity (Wildman–Crippen MR) is 259 cm³/mol. The summed E-state index contributed by atoms with van der Waals surface area (Å²) >= 11 is 0. The second-order valence-corrected chi connectivity index (χ2v) is 17.5. The molecule has 0 saturated heterocycles. The summed E-state index contributed by atoms with van der Waals surface area (Å²) in [5.74, 6) is 2.22. The maximum Gasteiger partial charge on any atom is 0.224 e. The number of benzene rings is 4. The molecule has 330 valence electrons. The van der Waals surface area contributed by atoms with Crippen molar-refractivity contribution in [3.63, 3.8) is 0 Å². The molecule has 4 aromatic heterocycles. The molecule has 2 amide bonds. The lowest BCUT2D eigenvalue weighted by Gasteiger charge is -2.31. The molecule has 12 heteroatoms. The number of rotatable bonds is 21. The molecule has 4 heterocycles. The van der Waals surface area contributed by atoms with Crippen molar-refractivity contribution in [1.29, 1.82) is 0 Å². The van der Waals surface area contributed by atoms with E-state index in [0.29, 0.717) is 56.8 Å². The van der Waals surface area contributed by atoms with E-state index in [9.17, 15) is 9.59 Å². The van der Waals surface area contributed by atoms with Crippen LogP contribution in [0, 0.1) is 5.41 Å². The van der Waals surface area contributed by atoms with Crippen LogP contribution in [0.1, 0.15) is 106 Å². The van der Waals surface area contributed by atoms with E-state index in [1.54, 1.807) is 0 Å². The number of pyridine rings is 2. The van der Waals surface area contributed by atoms with Crippen LogP contribution in [0.25, 0.3) is 43.9 Å². The van der Waals surface area contributed by atoms with Crippen LogP contribution in [0.2, 0.25) is 0 Å². The first kappa shape index (κ1) is 43.8. The number of carbonyl (C=O) groups is 2. The van der Waals surface area contributed by atoms with E-state index in [2.05, 4.69) is 93.6 Å². The number of unbranched alkanes of at least 4 members (excludes halogenated alkanes) is 4. The summed E-state index contributed by atoms with van der Waals surface area (Å²) in [6.07, 6.45) is 9.87. The van der Waals surface area contributed by atoms with Crippen molar-refractivity contribution < 1.29 is 9.59 Å². The molecule has 8 N–H and O–H groups in total. The molecule has 8 aromatic rings. The average Bonchev–Trinajstić information content (AvgIpc) is 3.84. The molecule has 0 spiro atoms. The minimum Gasteiger partial charge on any atom is -0.382 e. The van der Waals surface area contributed by atoms with Crippen LogP contribution < -0.4 is 22.9 Å². The van der Waals surface area contributed by atoms with E-state index in [4.69, 9.17) is 32.9 Å². The van der Waals surface area contributed by atoms with Gasteiger partial charge in [-0.1, -0.05) is 124 Å². The van der Waals surface area contributed by atoms with E-state index >= 15 is 0 Å². The Hall–Kier alpha value is -6.82. The number of fused-ring (bicyclic) bond motifs is 6. The number of amides is 2. The van der Waals surface area contributed by atoms with Gasteiger partial charge in [0.1, 0.15) is 22.7 Å². The molecule has 0 aliphatic rings. The van der Waals surface area contributed by atoms with Gasteiger partial charge < -0.3 is 32.1 Å². The minimum atomic E-state index is -0.857. The number of hydrogen-bond donors (Lipinski definition) is 4. The Morgan fingerprint density at radius 1 is 0.547 bits per heavy atom. The minimum absolute atomic E-state index is 0.315. The van der Waals surface area contributed by atoms with E-state index in [-0.39, 0.29) is 11.8 Å². The number of nitrogens with two attached hydrogens (primary N) is 4. The van der Waals surface area contributed by atoms with Crippen molar-refractivity contribution in [1.82, 2.24) is 29.1 Å². The number of nitrogen functional groups attached to an aromatic ring is 2. The summed E-state index contributed by atoms with van der Waals surface area (Å²) in [6.45, 7) is 5.60. The number of aryl methyl sites for hydroxylation is 2. The van der Waals surface area contributed by atoms with Gasteiger partial charge in [0.15, 0.2) is 11.6 Å². The van der Waals surface area contributed by atoms with Crippen molar-refractivity contribution in [3.05, 3.63) is 131 Å². The van der Waals surface area contributed by atoms with Crippen molar-refractivity contribution in [2.75, 3.05) is 11.5 Å². The number of carbonyl (C=O) groups excluding carboxylic acids is 2. The van der Waals surface area contributed by atoms with Crippen LogP contribution in [0.5, 0.6) is 0 Å². The van der Waals surface area contributed by atoms with E-state index in [1.165, 1.54) is 0 Å². The molecule has 0 aliphatic heterocycles. The predicted octanol–water partition coefficient (Wildman–Crippen LogP) is 9.12. The zero-order valence-electron chi connectivity index (χ0n) is 37.2. The molecule has 0 radical (unpaired) electrons. The number of primary amides is 2. The van der Waals surface area contributed by atoms with Gasteiger partial charge >= 0.3 is 0 Å². The van der Waals surface area contributed by atoms with Gasteiger partial charge in [-0.2, -0.15) is 0 Å². The van der Waals surface area contributed by atoms with Crippen molar-refractivity contribution >= 4 is 67.3 Å². The third-order valence-electron chi connectivity index (χ3n) is 12.8. The van der Waals surface area contributed by atoms with Crippen LogP contribution in [0.4, 0.5) is 11.6 Å². The van der Waals surface area contributed by atoms with Crippen LogP contribution in [-0.4, -0.2) is 40.9 Å². The molecule has 8 rings (SSSR count). The average molecular weight is 857 g/mol. The second-order valence-electron chi connectivity index (χ2n) is 17.5. The van der Waals surface area contributed by atoms with Crippen LogP contribution in [0.3, 0.4) is 0 Å². The highest BCUT2D eigenvalue weighted by atomic mass is 16.1. The normalized spacial score (nSPS) is 12.0. The molecule has 0 unspecified atom stereocenters. The van der Waals surface area contributed by atoms with Gasteiger partial charge in [0.2, 0.25) is 11.8 Å². The molecular formula is C52H60N10O2. The molecule has 12 nitrogen and oxygen atoms in total. The lowest BCUT2D eigenvalue weighted by Crippen LogP contribution is -2.41. The van der Waals surface area contributed by atoms with Gasteiger partial charge in [0.05, 0.1) is 27.5 Å². The third kappa shape index (κ3) is 9.27. The Morgan fingerprint density at radius 3 is 1.41 bits per heavy atom. The van der Waals surface area contributed by atoms with Gasteiger partial charge in [-0.05, 0) is 72.9 Å². The number of para-hydroxylation sites is 2. The largest absolute Gasteiger partial charge is 0.382 e. The molecule has 4 aromatic carbocycles. The van der Waals surface area contributed by atoms with E-state index in [1.807, 2.05) is 36.4 Å². The number of anilines is 2. The topological polar surface area (TPSA) is 200 Å². The highest BCUT2D eigenvalue weighted by molar-refractivity contribution is 6.07.